The van der Waals surface area contributed by atoms with E-state index in [1.54, 1.807) is 38.1 Å². The van der Waals surface area contributed by atoms with E-state index < -0.39 is 11.7 Å². The lowest BCUT2D eigenvalue weighted by atomic mass is 10.2. The van der Waals surface area contributed by atoms with Crippen LogP contribution in [0.1, 0.15) is 30.6 Å². The average molecular weight is 308 g/mol. The first-order valence-corrected chi connectivity index (χ1v) is 6.17. The molecule has 1 rings (SSSR count). The maximum atomic E-state index is 11.6. The molecular formula is C13H19Cl2NO3. The van der Waals surface area contributed by atoms with Crippen LogP contribution in [0.5, 0.6) is 0 Å². The third-order valence-electron chi connectivity index (χ3n) is 2.21. The summed E-state index contributed by atoms with van der Waals surface area (Å²) >= 11 is 5.87. The van der Waals surface area contributed by atoms with Crippen LogP contribution >= 0.6 is 24.0 Å². The van der Waals surface area contributed by atoms with Crippen LogP contribution in [0.4, 0.5) is 0 Å². The summed E-state index contributed by atoms with van der Waals surface area (Å²) < 4.78 is 5.08. The number of hydrogen-bond donors (Lipinski definition) is 2. The minimum Gasteiger partial charge on any atom is -0.462 e. The predicted molar refractivity (Wildman–Crippen MR) is 77.9 cm³/mol. The number of carbonyl (C=O) groups excluding carboxylic acids is 1. The van der Waals surface area contributed by atoms with Crippen molar-refractivity contribution in [2.75, 3.05) is 13.2 Å². The molecule has 0 aliphatic carbocycles. The van der Waals surface area contributed by atoms with E-state index >= 15 is 0 Å². The molecular weight excluding hydrogens is 289 g/mol. The maximum absolute atomic E-state index is 11.6. The van der Waals surface area contributed by atoms with Gasteiger partial charge in [-0.2, -0.15) is 0 Å². The lowest BCUT2D eigenvalue weighted by Gasteiger charge is -2.18. The number of ether oxygens (including phenoxy) is 1. The number of nitrogens with one attached hydrogen (secondary N) is 1. The summed E-state index contributed by atoms with van der Waals surface area (Å²) in [6, 6.07) is 6.76. The lowest BCUT2D eigenvalue weighted by Crippen LogP contribution is -2.39. The lowest BCUT2D eigenvalue weighted by molar-refractivity contribution is 0.0376. The van der Waals surface area contributed by atoms with Crippen molar-refractivity contribution in [2.45, 2.75) is 26.0 Å². The zero-order valence-corrected chi connectivity index (χ0v) is 12.6. The third kappa shape index (κ3) is 7.38. The van der Waals surface area contributed by atoms with E-state index in [9.17, 15) is 9.90 Å². The van der Waals surface area contributed by atoms with Gasteiger partial charge in [0.15, 0.2) is 0 Å². The van der Waals surface area contributed by atoms with E-state index in [0.29, 0.717) is 23.6 Å². The fourth-order valence-corrected chi connectivity index (χ4v) is 1.55. The second kappa shape index (κ2) is 8.38. The first kappa shape index (κ1) is 18.2. The van der Waals surface area contributed by atoms with Crippen molar-refractivity contribution in [1.82, 2.24) is 5.32 Å². The number of benzene rings is 1. The van der Waals surface area contributed by atoms with Gasteiger partial charge < -0.3 is 9.84 Å². The van der Waals surface area contributed by atoms with Gasteiger partial charge in [0, 0.05) is 6.54 Å². The number of halogens is 2. The van der Waals surface area contributed by atoms with Gasteiger partial charge in [0.1, 0.15) is 5.72 Å². The summed E-state index contributed by atoms with van der Waals surface area (Å²) in [7, 11) is 0. The topological polar surface area (TPSA) is 58.6 Å². The van der Waals surface area contributed by atoms with Gasteiger partial charge >= 0.3 is 5.97 Å². The van der Waals surface area contributed by atoms with Crippen molar-refractivity contribution in [3.63, 3.8) is 0 Å². The molecule has 0 bridgehead atoms. The van der Waals surface area contributed by atoms with Crippen LogP contribution in [0.25, 0.3) is 0 Å². The number of esters is 1. The van der Waals surface area contributed by atoms with Crippen molar-refractivity contribution < 1.29 is 14.6 Å². The van der Waals surface area contributed by atoms with Crippen LogP contribution in [0.2, 0.25) is 5.02 Å². The molecule has 6 heteroatoms. The first-order valence-electron chi connectivity index (χ1n) is 5.79. The summed E-state index contributed by atoms with van der Waals surface area (Å²) in [5, 5.41) is 12.7. The molecule has 0 fully saturated rings. The van der Waals surface area contributed by atoms with E-state index in [4.69, 9.17) is 16.3 Å². The Kier molecular flexibility index (Phi) is 8.02. The largest absolute Gasteiger partial charge is 0.462 e. The van der Waals surface area contributed by atoms with Crippen molar-refractivity contribution >= 4 is 30.0 Å². The molecule has 0 unspecified atom stereocenters. The monoisotopic (exact) mass is 307 g/mol. The van der Waals surface area contributed by atoms with Gasteiger partial charge in [-0.05, 0) is 32.4 Å². The van der Waals surface area contributed by atoms with Gasteiger partial charge in [0.25, 0.3) is 0 Å². The molecule has 0 radical (unpaired) electrons. The Hall–Kier alpha value is -0.810. The molecule has 4 nitrogen and oxygen atoms in total. The number of aliphatic hydroxyl groups is 1. The van der Waals surface area contributed by atoms with Gasteiger partial charge in [0.2, 0.25) is 0 Å². The highest BCUT2D eigenvalue weighted by Crippen LogP contribution is 2.15. The van der Waals surface area contributed by atoms with E-state index in [-0.39, 0.29) is 19.0 Å². The highest BCUT2D eigenvalue weighted by molar-refractivity contribution is 6.33. The highest BCUT2D eigenvalue weighted by Gasteiger charge is 2.12. The van der Waals surface area contributed by atoms with Crippen molar-refractivity contribution in [3.05, 3.63) is 34.9 Å². The van der Waals surface area contributed by atoms with E-state index in [2.05, 4.69) is 5.32 Å². The van der Waals surface area contributed by atoms with Crippen LogP contribution in [-0.4, -0.2) is 30.0 Å². The summed E-state index contributed by atoms with van der Waals surface area (Å²) in [6.45, 7) is 4.16. The predicted octanol–water partition coefficient (Wildman–Crippen LogP) is 2.63. The zero-order chi connectivity index (χ0) is 13.6. The number of hydrogen-bond acceptors (Lipinski definition) is 4. The fraction of sp³-hybridized carbons (Fsp3) is 0.462. The van der Waals surface area contributed by atoms with Crippen LogP contribution in [0.3, 0.4) is 0 Å². The number of rotatable bonds is 6. The quantitative estimate of drug-likeness (QED) is 0.482. The molecule has 0 spiro atoms. The Balaban J connectivity index is 0.00000324. The first-order chi connectivity index (χ1) is 8.40. The summed E-state index contributed by atoms with van der Waals surface area (Å²) in [5.41, 5.74) is -0.540. The third-order valence-corrected chi connectivity index (χ3v) is 2.54. The minimum absolute atomic E-state index is 0. The molecule has 0 atom stereocenters. The van der Waals surface area contributed by atoms with Gasteiger partial charge in [0.05, 0.1) is 17.2 Å². The van der Waals surface area contributed by atoms with Gasteiger partial charge in [-0.3, -0.25) is 5.32 Å². The molecule has 0 aromatic heterocycles. The molecule has 0 saturated carbocycles. The molecule has 108 valence electrons. The van der Waals surface area contributed by atoms with Crippen LogP contribution in [0, 0.1) is 0 Å². The van der Waals surface area contributed by atoms with Crippen LogP contribution in [-0.2, 0) is 4.74 Å². The Morgan fingerprint density at radius 3 is 2.63 bits per heavy atom. The second-order valence-electron chi connectivity index (χ2n) is 4.46. The molecule has 1 aromatic carbocycles. The van der Waals surface area contributed by atoms with Gasteiger partial charge in [-0.1, -0.05) is 23.7 Å². The van der Waals surface area contributed by atoms with Crippen LogP contribution in [0.15, 0.2) is 24.3 Å². The molecule has 0 aliphatic rings. The minimum atomic E-state index is -0.910. The highest BCUT2D eigenvalue weighted by atomic mass is 35.5. The molecule has 1 aromatic rings. The maximum Gasteiger partial charge on any atom is 0.339 e. The van der Waals surface area contributed by atoms with E-state index in [1.807, 2.05) is 0 Å². The van der Waals surface area contributed by atoms with Crippen molar-refractivity contribution in [1.29, 1.82) is 0 Å². The molecule has 0 saturated heterocycles. The normalized spacial score (nSPS) is 10.7. The summed E-state index contributed by atoms with van der Waals surface area (Å²) in [6.07, 6.45) is 0.625. The smallest absolute Gasteiger partial charge is 0.339 e. The fourth-order valence-electron chi connectivity index (χ4n) is 1.34. The average Bonchev–Trinajstić information content (AvgIpc) is 2.27. The Morgan fingerprint density at radius 1 is 1.42 bits per heavy atom. The van der Waals surface area contributed by atoms with Crippen LogP contribution < -0.4 is 5.32 Å². The Labute approximate surface area is 124 Å². The summed E-state index contributed by atoms with van der Waals surface area (Å²) in [4.78, 5) is 11.6. The number of carbonyl (C=O) groups is 1. The van der Waals surface area contributed by atoms with Crippen molar-refractivity contribution in [2.24, 2.45) is 0 Å². The Morgan fingerprint density at radius 2 is 2.05 bits per heavy atom. The van der Waals surface area contributed by atoms with E-state index in [0.717, 1.165) is 0 Å². The SMILES string of the molecule is CC(C)(O)NCCCOC(=O)c1ccccc1Cl.Cl. The van der Waals surface area contributed by atoms with Gasteiger partial charge in [-0.15, -0.1) is 12.4 Å². The zero-order valence-electron chi connectivity index (χ0n) is 11.0. The van der Waals surface area contributed by atoms with E-state index in [1.165, 1.54) is 0 Å². The summed E-state index contributed by atoms with van der Waals surface area (Å²) in [5.74, 6) is -0.427. The molecule has 0 heterocycles. The Bertz CT molecular complexity index is 405. The molecule has 0 aliphatic heterocycles. The van der Waals surface area contributed by atoms with Crippen molar-refractivity contribution in [3.8, 4) is 0 Å². The van der Waals surface area contributed by atoms with Gasteiger partial charge in [-0.25, -0.2) is 4.79 Å². The molecule has 19 heavy (non-hydrogen) atoms. The standard InChI is InChI=1S/C13H18ClNO3.ClH/c1-13(2,17)15-8-5-9-18-12(16)10-6-3-4-7-11(10)14;/h3-4,6-7,15,17H,5,8-9H2,1-2H3;1H. The molecule has 0 amide bonds. The second-order valence-corrected chi connectivity index (χ2v) is 4.86. The molecule has 2 N–H and O–H groups in total.